The van der Waals surface area contributed by atoms with Gasteiger partial charge in [-0.3, -0.25) is 4.90 Å². The third kappa shape index (κ3) is 3.83. The molecule has 3 nitrogen and oxygen atoms in total. The molecular weight excluding hydrogens is 360 g/mol. The Balaban J connectivity index is 1.42. The van der Waals surface area contributed by atoms with Gasteiger partial charge in [0.1, 0.15) is 5.82 Å². The summed E-state index contributed by atoms with van der Waals surface area (Å²) in [6.45, 7) is 2.10. The Kier molecular flexibility index (Phi) is 4.42. The summed E-state index contributed by atoms with van der Waals surface area (Å²) in [5, 5.41) is 4.09. The Morgan fingerprint density at radius 1 is 1.11 bits per heavy atom. The minimum absolute atomic E-state index is 0.269. The van der Waals surface area contributed by atoms with Crippen molar-refractivity contribution in [1.82, 2.24) is 4.90 Å². The van der Waals surface area contributed by atoms with Crippen LogP contribution in [0.2, 0.25) is 0 Å². The fourth-order valence-corrected chi connectivity index (χ4v) is 3.68. The molecule has 27 heavy (non-hydrogen) atoms. The monoisotopic (exact) mass is 378 g/mol. The molecule has 1 atom stereocenters. The first-order chi connectivity index (χ1) is 12.8. The van der Waals surface area contributed by atoms with E-state index in [1.165, 1.54) is 18.2 Å². The molecule has 0 saturated carbocycles. The molecule has 2 aromatic rings. The van der Waals surface area contributed by atoms with Crippen molar-refractivity contribution in [3.63, 3.8) is 0 Å². The first kappa shape index (κ1) is 18.0. The van der Waals surface area contributed by atoms with E-state index in [0.717, 1.165) is 30.7 Å². The van der Waals surface area contributed by atoms with Crippen LogP contribution in [0.25, 0.3) is 0 Å². The van der Waals surface area contributed by atoms with Crippen LogP contribution < -0.4 is 0 Å². The summed E-state index contributed by atoms with van der Waals surface area (Å²) in [4.78, 5) is 7.88. The van der Waals surface area contributed by atoms with Crippen molar-refractivity contribution in [1.29, 1.82) is 0 Å². The van der Waals surface area contributed by atoms with Crippen molar-refractivity contribution >= 4 is 5.71 Å². The van der Waals surface area contributed by atoms with Gasteiger partial charge in [-0.2, -0.15) is 13.2 Å². The topological polar surface area (TPSA) is 24.8 Å². The van der Waals surface area contributed by atoms with E-state index >= 15 is 0 Å². The normalized spacial score (nSPS) is 22.9. The van der Waals surface area contributed by atoms with E-state index in [1.807, 2.05) is 0 Å². The van der Waals surface area contributed by atoms with Gasteiger partial charge >= 0.3 is 6.18 Å². The maximum Gasteiger partial charge on any atom is 0.416 e. The van der Waals surface area contributed by atoms with Crippen molar-refractivity contribution in [3.05, 3.63) is 71.0 Å². The zero-order valence-electron chi connectivity index (χ0n) is 14.5. The van der Waals surface area contributed by atoms with Crippen LogP contribution in [0.5, 0.6) is 0 Å². The summed E-state index contributed by atoms with van der Waals surface area (Å²) in [5.41, 5.74) is 0.811. The Hall–Kier alpha value is -2.41. The van der Waals surface area contributed by atoms with Gasteiger partial charge in [0.15, 0.2) is 5.60 Å². The fraction of sp³-hybridized carbons (Fsp3) is 0.350. The highest BCUT2D eigenvalue weighted by atomic mass is 19.4. The Bertz CT molecular complexity index is 863. The molecular formula is C20H18F4N2O. The van der Waals surface area contributed by atoms with E-state index in [1.54, 1.807) is 18.2 Å². The summed E-state index contributed by atoms with van der Waals surface area (Å²) in [6.07, 6.45) is -3.15. The minimum Gasteiger partial charge on any atom is -0.387 e. The number of halogens is 4. The van der Waals surface area contributed by atoms with Gasteiger partial charge in [0.2, 0.25) is 0 Å². The SMILES string of the molecule is Fc1ccc(CN2CCC3(CC(c4cccc(C(F)(F)F)c4)=NO3)C2)cc1. The van der Waals surface area contributed by atoms with E-state index in [0.29, 0.717) is 30.8 Å². The van der Waals surface area contributed by atoms with Gasteiger partial charge in [-0.15, -0.1) is 0 Å². The van der Waals surface area contributed by atoms with Crippen LogP contribution in [-0.4, -0.2) is 29.3 Å². The number of alkyl halides is 3. The van der Waals surface area contributed by atoms with E-state index < -0.39 is 17.3 Å². The van der Waals surface area contributed by atoms with Crippen molar-refractivity contribution < 1.29 is 22.4 Å². The van der Waals surface area contributed by atoms with Crippen LogP contribution in [0.3, 0.4) is 0 Å². The van der Waals surface area contributed by atoms with Crippen molar-refractivity contribution in [2.24, 2.45) is 5.16 Å². The highest BCUT2D eigenvalue weighted by molar-refractivity contribution is 6.01. The largest absolute Gasteiger partial charge is 0.416 e. The van der Waals surface area contributed by atoms with Gasteiger partial charge in [0, 0.05) is 38.0 Å². The summed E-state index contributed by atoms with van der Waals surface area (Å²) < 4.78 is 51.8. The lowest BCUT2D eigenvalue weighted by Gasteiger charge is -2.22. The Morgan fingerprint density at radius 3 is 2.63 bits per heavy atom. The predicted molar refractivity (Wildman–Crippen MR) is 92.7 cm³/mol. The highest BCUT2D eigenvalue weighted by Crippen LogP contribution is 2.37. The molecule has 7 heteroatoms. The van der Waals surface area contributed by atoms with E-state index in [2.05, 4.69) is 10.1 Å². The van der Waals surface area contributed by atoms with Crippen molar-refractivity contribution in [3.8, 4) is 0 Å². The Labute approximate surface area is 154 Å². The second-order valence-electron chi connectivity index (χ2n) is 7.15. The standard InChI is InChI=1S/C20H18F4N2O/c21-17-6-4-14(5-7-17)12-26-9-8-19(13-26)11-18(25-27-19)15-2-1-3-16(10-15)20(22,23)24/h1-7,10H,8-9,11-13H2. The molecule has 2 aromatic carbocycles. The smallest absolute Gasteiger partial charge is 0.387 e. The minimum atomic E-state index is -4.38. The maximum atomic E-state index is 13.0. The molecule has 1 unspecified atom stereocenters. The Morgan fingerprint density at radius 2 is 1.89 bits per heavy atom. The molecule has 0 amide bonds. The van der Waals surface area contributed by atoms with Crippen LogP contribution in [0.1, 0.15) is 29.5 Å². The molecule has 142 valence electrons. The summed E-state index contributed by atoms with van der Waals surface area (Å²) in [7, 11) is 0. The van der Waals surface area contributed by atoms with Crippen molar-refractivity contribution in [2.45, 2.75) is 31.2 Å². The quantitative estimate of drug-likeness (QED) is 0.729. The van der Waals surface area contributed by atoms with Gasteiger partial charge < -0.3 is 4.84 Å². The van der Waals surface area contributed by atoms with Crippen LogP contribution in [0.15, 0.2) is 53.7 Å². The summed E-state index contributed by atoms with van der Waals surface area (Å²) >= 11 is 0. The lowest BCUT2D eigenvalue weighted by atomic mass is 9.93. The average Bonchev–Trinajstić information content (AvgIpc) is 3.23. The molecule has 0 aliphatic carbocycles. The fourth-order valence-electron chi connectivity index (χ4n) is 3.68. The second kappa shape index (κ2) is 6.64. The van der Waals surface area contributed by atoms with Crippen molar-refractivity contribution in [2.75, 3.05) is 13.1 Å². The van der Waals surface area contributed by atoms with E-state index in [-0.39, 0.29) is 5.82 Å². The number of benzene rings is 2. The van der Waals surface area contributed by atoms with Crippen LogP contribution in [-0.2, 0) is 17.6 Å². The number of hydrogen-bond donors (Lipinski definition) is 0. The first-order valence-corrected chi connectivity index (χ1v) is 8.73. The summed E-state index contributed by atoms with van der Waals surface area (Å²) in [5.74, 6) is -0.269. The lowest BCUT2D eigenvalue weighted by Crippen LogP contribution is -2.33. The molecule has 0 bridgehead atoms. The van der Waals surface area contributed by atoms with E-state index in [9.17, 15) is 17.6 Å². The average molecular weight is 378 g/mol. The lowest BCUT2D eigenvalue weighted by molar-refractivity contribution is -0.137. The summed E-state index contributed by atoms with van der Waals surface area (Å²) in [6, 6.07) is 11.6. The molecule has 0 radical (unpaired) electrons. The first-order valence-electron chi connectivity index (χ1n) is 8.73. The number of likely N-dealkylation sites (tertiary alicyclic amines) is 1. The van der Waals surface area contributed by atoms with Gasteiger partial charge in [-0.05, 0) is 29.8 Å². The molecule has 1 fully saturated rings. The molecule has 1 saturated heterocycles. The van der Waals surface area contributed by atoms with Gasteiger partial charge in [0.25, 0.3) is 0 Å². The number of oxime groups is 1. The second-order valence-corrected chi connectivity index (χ2v) is 7.15. The zero-order valence-corrected chi connectivity index (χ0v) is 14.5. The molecule has 2 aliphatic rings. The molecule has 0 N–H and O–H groups in total. The van der Waals surface area contributed by atoms with Gasteiger partial charge in [0.05, 0.1) is 11.3 Å². The molecule has 2 heterocycles. The number of nitrogens with zero attached hydrogens (tertiary/aromatic N) is 2. The number of hydrogen-bond acceptors (Lipinski definition) is 3. The van der Waals surface area contributed by atoms with Crippen LogP contribution in [0, 0.1) is 5.82 Å². The predicted octanol–water partition coefficient (Wildman–Crippen LogP) is 4.61. The van der Waals surface area contributed by atoms with Gasteiger partial charge in [-0.25, -0.2) is 4.39 Å². The molecule has 4 rings (SSSR count). The third-order valence-electron chi connectivity index (χ3n) is 5.08. The molecule has 1 spiro atoms. The van der Waals surface area contributed by atoms with E-state index in [4.69, 9.17) is 4.84 Å². The van der Waals surface area contributed by atoms with Crippen LogP contribution in [0.4, 0.5) is 17.6 Å². The van der Waals surface area contributed by atoms with Gasteiger partial charge in [-0.1, -0.05) is 29.4 Å². The van der Waals surface area contributed by atoms with Crippen LogP contribution >= 0.6 is 0 Å². The third-order valence-corrected chi connectivity index (χ3v) is 5.08. The number of rotatable bonds is 3. The molecule has 0 aromatic heterocycles. The highest BCUT2D eigenvalue weighted by Gasteiger charge is 2.45. The molecule has 2 aliphatic heterocycles. The zero-order chi connectivity index (χ0) is 19.1. The maximum absolute atomic E-state index is 13.0.